The highest BCUT2D eigenvalue weighted by Crippen LogP contribution is 2.06. The summed E-state index contributed by atoms with van der Waals surface area (Å²) < 4.78 is 10.3. The van der Waals surface area contributed by atoms with Crippen LogP contribution in [0.1, 0.15) is 27.2 Å². The molecule has 0 aromatic heterocycles. The predicted molar refractivity (Wildman–Crippen MR) is 72.6 cm³/mol. The maximum atomic E-state index is 5.16. The molecular formula is C13H30N2O2. The van der Waals surface area contributed by atoms with Crippen molar-refractivity contribution in [1.82, 2.24) is 10.2 Å². The van der Waals surface area contributed by atoms with Gasteiger partial charge in [0.2, 0.25) is 0 Å². The van der Waals surface area contributed by atoms with Crippen LogP contribution in [0.25, 0.3) is 0 Å². The Kier molecular flexibility index (Phi) is 9.74. The molecule has 104 valence electrons. The molecule has 4 heteroatoms. The molecule has 0 amide bonds. The molecule has 0 aliphatic heterocycles. The van der Waals surface area contributed by atoms with Gasteiger partial charge in [0.1, 0.15) is 0 Å². The summed E-state index contributed by atoms with van der Waals surface area (Å²) in [7, 11) is 3.50. The molecule has 17 heavy (non-hydrogen) atoms. The van der Waals surface area contributed by atoms with E-state index in [4.69, 9.17) is 9.47 Å². The molecule has 0 unspecified atom stereocenters. The summed E-state index contributed by atoms with van der Waals surface area (Å²) in [6.45, 7) is 12.3. The van der Waals surface area contributed by atoms with Crippen molar-refractivity contribution in [1.29, 1.82) is 0 Å². The molecule has 0 aromatic rings. The van der Waals surface area contributed by atoms with Crippen LogP contribution >= 0.6 is 0 Å². The maximum Gasteiger partial charge on any atom is 0.0589 e. The van der Waals surface area contributed by atoms with E-state index in [-0.39, 0.29) is 5.54 Å². The first-order valence-corrected chi connectivity index (χ1v) is 6.51. The van der Waals surface area contributed by atoms with E-state index in [1.54, 1.807) is 14.2 Å². The number of ether oxygens (including phenoxy) is 2. The first-order valence-electron chi connectivity index (χ1n) is 6.51. The average Bonchev–Trinajstić information content (AvgIpc) is 2.25. The molecule has 4 nitrogen and oxygen atoms in total. The molecule has 0 bridgehead atoms. The molecule has 0 atom stereocenters. The van der Waals surface area contributed by atoms with Crippen molar-refractivity contribution >= 4 is 0 Å². The zero-order valence-electron chi connectivity index (χ0n) is 12.2. The Morgan fingerprint density at radius 3 is 2.24 bits per heavy atom. The summed E-state index contributed by atoms with van der Waals surface area (Å²) in [5.41, 5.74) is 0.148. The summed E-state index contributed by atoms with van der Waals surface area (Å²) in [4.78, 5) is 2.44. The molecule has 0 radical (unpaired) electrons. The Balaban J connectivity index is 4.06. The molecule has 0 aliphatic carbocycles. The summed E-state index contributed by atoms with van der Waals surface area (Å²) in [6, 6.07) is 0. The fourth-order valence-electron chi connectivity index (χ4n) is 2.02. The second-order valence-electron chi connectivity index (χ2n) is 5.03. The SMILES string of the molecule is CCNC(C)(C)CN(CCCOC)CCOC. The van der Waals surface area contributed by atoms with Gasteiger partial charge < -0.3 is 14.8 Å². The lowest BCUT2D eigenvalue weighted by Gasteiger charge is -2.33. The Bertz CT molecular complexity index is 175. The molecule has 0 saturated heterocycles. The van der Waals surface area contributed by atoms with Crippen LogP contribution < -0.4 is 5.32 Å². The number of methoxy groups -OCH3 is 2. The van der Waals surface area contributed by atoms with E-state index in [1.165, 1.54) is 0 Å². The van der Waals surface area contributed by atoms with Gasteiger partial charge in [-0.3, -0.25) is 4.90 Å². The van der Waals surface area contributed by atoms with Gasteiger partial charge in [0, 0.05) is 46.0 Å². The average molecular weight is 246 g/mol. The van der Waals surface area contributed by atoms with Gasteiger partial charge in [-0.15, -0.1) is 0 Å². The molecule has 0 heterocycles. The minimum atomic E-state index is 0.148. The maximum absolute atomic E-state index is 5.16. The second-order valence-corrected chi connectivity index (χ2v) is 5.03. The van der Waals surface area contributed by atoms with Crippen molar-refractivity contribution in [3.63, 3.8) is 0 Å². The molecule has 0 aromatic carbocycles. The van der Waals surface area contributed by atoms with E-state index in [9.17, 15) is 0 Å². The topological polar surface area (TPSA) is 33.7 Å². The summed E-state index contributed by atoms with van der Waals surface area (Å²) in [6.07, 6.45) is 1.07. The standard InChI is InChI=1S/C13H30N2O2/c1-6-14-13(2,3)12-15(9-11-17-5)8-7-10-16-4/h14H,6-12H2,1-5H3. The predicted octanol–water partition coefficient (Wildman–Crippen LogP) is 1.36. The minimum Gasteiger partial charge on any atom is -0.385 e. The van der Waals surface area contributed by atoms with Gasteiger partial charge in [0.25, 0.3) is 0 Å². The quantitative estimate of drug-likeness (QED) is 0.558. The lowest BCUT2D eigenvalue weighted by molar-refractivity contribution is 0.115. The van der Waals surface area contributed by atoms with Gasteiger partial charge in [-0.1, -0.05) is 6.92 Å². The first-order chi connectivity index (χ1) is 8.05. The van der Waals surface area contributed by atoms with E-state index < -0.39 is 0 Å². The Morgan fingerprint density at radius 1 is 1.06 bits per heavy atom. The number of hydrogen-bond donors (Lipinski definition) is 1. The number of likely N-dealkylation sites (N-methyl/N-ethyl adjacent to an activating group) is 1. The third kappa shape index (κ3) is 9.53. The van der Waals surface area contributed by atoms with Gasteiger partial charge in [0.15, 0.2) is 0 Å². The van der Waals surface area contributed by atoms with Gasteiger partial charge in [-0.05, 0) is 26.8 Å². The second kappa shape index (κ2) is 9.83. The molecule has 0 saturated carbocycles. The monoisotopic (exact) mass is 246 g/mol. The van der Waals surface area contributed by atoms with Crippen molar-refractivity contribution in [3.05, 3.63) is 0 Å². The van der Waals surface area contributed by atoms with Gasteiger partial charge in [-0.2, -0.15) is 0 Å². The van der Waals surface area contributed by atoms with Gasteiger partial charge in [0.05, 0.1) is 6.61 Å². The fourth-order valence-corrected chi connectivity index (χ4v) is 2.02. The first kappa shape index (κ1) is 16.8. The molecule has 0 rings (SSSR count). The minimum absolute atomic E-state index is 0.148. The highest BCUT2D eigenvalue weighted by Gasteiger charge is 2.19. The lowest BCUT2D eigenvalue weighted by Crippen LogP contribution is -2.50. The normalized spacial score (nSPS) is 12.4. The Labute approximate surface area is 107 Å². The molecule has 1 N–H and O–H groups in total. The van der Waals surface area contributed by atoms with Crippen LogP contribution in [0, 0.1) is 0 Å². The lowest BCUT2D eigenvalue weighted by atomic mass is 10.0. The highest BCUT2D eigenvalue weighted by atomic mass is 16.5. The third-order valence-electron chi connectivity index (χ3n) is 2.71. The van der Waals surface area contributed by atoms with Crippen molar-refractivity contribution in [3.8, 4) is 0 Å². The fraction of sp³-hybridized carbons (Fsp3) is 1.00. The third-order valence-corrected chi connectivity index (χ3v) is 2.71. The largest absolute Gasteiger partial charge is 0.385 e. The number of rotatable bonds is 11. The van der Waals surface area contributed by atoms with Crippen molar-refractivity contribution in [2.75, 3.05) is 53.6 Å². The van der Waals surface area contributed by atoms with Crippen molar-refractivity contribution in [2.45, 2.75) is 32.7 Å². The van der Waals surface area contributed by atoms with Crippen LogP contribution in [-0.2, 0) is 9.47 Å². The molecule has 0 aliphatic rings. The van der Waals surface area contributed by atoms with Crippen LogP contribution in [-0.4, -0.2) is 64.1 Å². The van der Waals surface area contributed by atoms with Crippen LogP contribution in [0.2, 0.25) is 0 Å². The van der Waals surface area contributed by atoms with Crippen molar-refractivity contribution < 1.29 is 9.47 Å². The van der Waals surface area contributed by atoms with E-state index >= 15 is 0 Å². The number of hydrogen-bond acceptors (Lipinski definition) is 4. The number of nitrogens with one attached hydrogen (secondary N) is 1. The van der Waals surface area contributed by atoms with Crippen LogP contribution in [0.3, 0.4) is 0 Å². The van der Waals surface area contributed by atoms with Crippen LogP contribution in [0.15, 0.2) is 0 Å². The summed E-state index contributed by atoms with van der Waals surface area (Å²) in [5.74, 6) is 0. The molecule has 0 fully saturated rings. The number of nitrogens with zero attached hydrogens (tertiary/aromatic N) is 1. The zero-order chi connectivity index (χ0) is 13.1. The van der Waals surface area contributed by atoms with E-state index in [1.807, 2.05) is 0 Å². The van der Waals surface area contributed by atoms with Gasteiger partial charge in [-0.25, -0.2) is 0 Å². The summed E-state index contributed by atoms with van der Waals surface area (Å²) in [5, 5.41) is 3.51. The molecule has 0 spiro atoms. The Morgan fingerprint density at radius 2 is 1.71 bits per heavy atom. The van der Waals surface area contributed by atoms with Crippen LogP contribution in [0.4, 0.5) is 0 Å². The van der Waals surface area contributed by atoms with Gasteiger partial charge >= 0.3 is 0 Å². The van der Waals surface area contributed by atoms with Crippen LogP contribution in [0.5, 0.6) is 0 Å². The Hall–Kier alpha value is -0.160. The zero-order valence-corrected chi connectivity index (χ0v) is 12.2. The molecular weight excluding hydrogens is 216 g/mol. The summed E-state index contributed by atoms with van der Waals surface area (Å²) >= 11 is 0. The smallest absolute Gasteiger partial charge is 0.0589 e. The van der Waals surface area contributed by atoms with Crippen molar-refractivity contribution in [2.24, 2.45) is 0 Å². The van der Waals surface area contributed by atoms with E-state index in [2.05, 4.69) is 31.0 Å². The van der Waals surface area contributed by atoms with E-state index in [0.29, 0.717) is 0 Å². The highest BCUT2D eigenvalue weighted by molar-refractivity contribution is 4.81. The van der Waals surface area contributed by atoms with E-state index in [0.717, 1.165) is 45.8 Å².